The van der Waals surface area contributed by atoms with Gasteiger partial charge in [-0.2, -0.15) is 0 Å². The quantitative estimate of drug-likeness (QED) is 0.351. The van der Waals surface area contributed by atoms with Crippen LogP contribution in [0.25, 0.3) is 10.8 Å². The van der Waals surface area contributed by atoms with Crippen molar-refractivity contribution in [3.05, 3.63) is 54.1 Å². The lowest BCUT2D eigenvalue weighted by molar-refractivity contribution is -0.194. The van der Waals surface area contributed by atoms with Crippen molar-refractivity contribution in [3.63, 3.8) is 0 Å². The average molecular weight is 526 g/mol. The molecular weight excluding hydrogens is 486 g/mol. The lowest BCUT2D eigenvalue weighted by Crippen LogP contribution is -2.65. The highest BCUT2D eigenvalue weighted by Gasteiger charge is 2.73. The molecule has 2 bridgehead atoms. The molecule has 0 unspecified atom stereocenters. The number of carbonyl (C=O) groups excluding carboxylic acids is 2. The van der Waals surface area contributed by atoms with Crippen LogP contribution in [0.2, 0.25) is 0 Å². The number of amides is 2. The van der Waals surface area contributed by atoms with E-state index in [1.54, 1.807) is 0 Å². The maximum atomic E-state index is 14.6. The van der Waals surface area contributed by atoms with Crippen LogP contribution in [0.4, 0.5) is 5.69 Å². The van der Waals surface area contributed by atoms with Crippen molar-refractivity contribution >= 4 is 34.2 Å². The number of benzene rings is 2. The fraction of sp³-hybridized carbons (Fsp3) is 0.559. The molecule has 5 aliphatic carbocycles. The van der Waals surface area contributed by atoms with Crippen molar-refractivity contribution in [2.75, 3.05) is 4.90 Å². The summed E-state index contributed by atoms with van der Waals surface area (Å²) in [7, 11) is 0. The standard InChI is InChI=1S/C34H39NO4/c1-19(2)23-18-34-16-13-25-32(3,14-8-15-33(25,4)31(38)39)26(34)17-22(23)27-28(34)30(37)35(29(27)36)24-12-7-10-20-9-5-6-11-21(20)24/h5-7,9-12,18-19,22,25-28H,8,13-17H2,1-4H3,(H,38,39)/t22-,25-,26-,27+,28+,32-,33+,34-/m0/s1. The van der Waals surface area contributed by atoms with Crippen molar-refractivity contribution < 1.29 is 19.5 Å². The van der Waals surface area contributed by atoms with Gasteiger partial charge in [0.2, 0.25) is 11.8 Å². The van der Waals surface area contributed by atoms with Crippen LogP contribution in [0, 0.1) is 51.8 Å². The Bertz CT molecular complexity index is 1450. The molecule has 0 aromatic heterocycles. The Morgan fingerprint density at radius 3 is 2.46 bits per heavy atom. The molecule has 6 aliphatic rings. The van der Waals surface area contributed by atoms with Gasteiger partial charge in [-0.25, -0.2) is 4.90 Å². The number of carbonyl (C=O) groups is 3. The smallest absolute Gasteiger partial charge is 0.309 e. The van der Waals surface area contributed by atoms with Crippen molar-refractivity contribution in [1.29, 1.82) is 0 Å². The fourth-order valence-electron chi connectivity index (χ4n) is 10.6. The van der Waals surface area contributed by atoms with E-state index in [2.05, 4.69) is 26.8 Å². The number of rotatable bonds is 3. The molecular formula is C34H39NO4. The molecule has 5 heteroatoms. The van der Waals surface area contributed by atoms with Gasteiger partial charge in [-0.15, -0.1) is 0 Å². The highest BCUT2D eigenvalue weighted by atomic mass is 16.4. The first kappa shape index (κ1) is 25.0. The van der Waals surface area contributed by atoms with Gasteiger partial charge in [-0.1, -0.05) is 75.2 Å². The van der Waals surface area contributed by atoms with E-state index in [9.17, 15) is 19.5 Å². The van der Waals surface area contributed by atoms with Gasteiger partial charge >= 0.3 is 5.97 Å². The SMILES string of the molecule is CC(C)C1=C[C@@]23CC[C@H]4[C@](C)(CCC[C@@]4(C)C(=O)O)[C@@H]2C[C@@H]1[C@H]1C(=O)N(c2cccc4ccccc24)C(=O)[C@@H]13. The Kier molecular flexibility index (Phi) is 5.17. The molecule has 2 amide bonds. The summed E-state index contributed by atoms with van der Waals surface area (Å²) in [6.45, 7) is 8.71. The summed E-state index contributed by atoms with van der Waals surface area (Å²) in [5, 5.41) is 12.3. The van der Waals surface area contributed by atoms with Crippen LogP contribution in [-0.4, -0.2) is 22.9 Å². The van der Waals surface area contributed by atoms with E-state index in [1.165, 1.54) is 10.5 Å². The Morgan fingerprint density at radius 2 is 1.72 bits per heavy atom. The van der Waals surface area contributed by atoms with Gasteiger partial charge < -0.3 is 5.11 Å². The summed E-state index contributed by atoms with van der Waals surface area (Å²) < 4.78 is 0. The number of carboxylic acids is 1. The Labute approximate surface area is 230 Å². The number of allylic oxidation sites excluding steroid dienone is 2. The zero-order chi connectivity index (χ0) is 27.5. The van der Waals surface area contributed by atoms with Gasteiger partial charge in [0.05, 0.1) is 22.9 Å². The summed E-state index contributed by atoms with van der Waals surface area (Å²) >= 11 is 0. The van der Waals surface area contributed by atoms with E-state index >= 15 is 0 Å². The number of hydrogen-bond donors (Lipinski definition) is 1. The first-order valence-electron chi connectivity index (χ1n) is 14.9. The van der Waals surface area contributed by atoms with Crippen LogP contribution < -0.4 is 4.90 Å². The van der Waals surface area contributed by atoms with Crippen molar-refractivity contribution in [2.45, 2.75) is 66.2 Å². The number of anilines is 1. The predicted octanol–water partition coefficient (Wildman–Crippen LogP) is 6.86. The number of aliphatic carboxylic acids is 1. The molecule has 8 rings (SSSR count). The topological polar surface area (TPSA) is 74.7 Å². The second-order valence-corrected chi connectivity index (χ2v) is 14.0. The monoisotopic (exact) mass is 525 g/mol. The van der Waals surface area contributed by atoms with Crippen LogP contribution in [-0.2, 0) is 14.4 Å². The number of fused-ring (bicyclic) bond motifs is 2. The second kappa shape index (κ2) is 8.05. The Balaban J connectivity index is 1.38. The summed E-state index contributed by atoms with van der Waals surface area (Å²) in [5.74, 6) is -0.828. The minimum Gasteiger partial charge on any atom is -0.481 e. The molecule has 1 heterocycles. The third kappa shape index (κ3) is 3.00. The highest BCUT2D eigenvalue weighted by molar-refractivity contribution is 6.25. The summed E-state index contributed by atoms with van der Waals surface area (Å²) in [6, 6.07) is 13.9. The summed E-state index contributed by atoms with van der Waals surface area (Å²) in [6.07, 6.45) is 7.53. The molecule has 1 saturated heterocycles. The lowest BCUT2D eigenvalue weighted by atomic mass is 9.34. The second-order valence-electron chi connectivity index (χ2n) is 14.0. The fourth-order valence-corrected chi connectivity index (χ4v) is 10.6. The molecule has 2 aromatic rings. The van der Waals surface area contributed by atoms with Gasteiger partial charge in [-0.3, -0.25) is 14.4 Å². The van der Waals surface area contributed by atoms with Crippen molar-refractivity contribution in [3.8, 4) is 0 Å². The maximum absolute atomic E-state index is 14.6. The van der Waals surface area contributed by atoms with Gasteiger partial charge in [0.15, 0.2) is 0 Å². The van der Waals surface area contributed by atoms with Crippen LogP contribution in [0.3, 0.4) is 0 Å². The third-order valence-corrected chi connectivity index (χ3v) is 12.2. The number of imide groups is 1. The van der Waals surface area contributed by atoms with E-state index in [4.69, 9.17) is 0 Å². The largest absolute Gasteiger partial charge is 0.481 e. The number of carboxylic acid groups (broad SMARTS) is 1. The minimum absolute atomic E-state index is 0.0342. The molecule has 204 valence electrons. The zero-order valence-corrected chi connectivity index (χ0v) is 23.4. The average Bonchev–Trinajstić information content (AvgIpc) is 3.19. The van der Waals surface area contributed by atoms with E-state index < -0.39 is 16.8 Å². The number of hydrogen-bond acceptors (Lipinski definition) is 3. The molecule has 5 nitrogen and oxygen atoms in total. The summed E-state index contributed by atoms with van der Waals surface area (Å²) in [5.41, 5.74) is 0.744. The first-order chi connectivity index (χ1) is 18.5. The third-order valence-electron chi connectivity index (χ3n) is 12.2. The summed E-state index contributed by atoms with van der Waals surface area (Å²) in [4.78, 5) is 43.1. The van der Waals surface area contributed by atoms with Gasteiger partial charge in [0, 0.05) is 10.8 Å². The van der Waals surface area contributed by atoms with Crippen molar-refractivity contribution in [1.82, 2.24) is 0 Å². The molecule has 2 aromatic carbocycles. The predicted molar refractivity (Wildman–Crippen MR) is 151 cm³/mol. The van der Waals surface area contributed by atoms with Crippen LogP contribution in [0.15, 0.2) is 54.1 Å². The Hall–Kier alpha value is -2.95. The van der Waals surface area contributed by atoms with Gasteiger partial charge in [0.1, 0.15) is 0 Å². The van der Waals surface area contributed by atoms with Crippen molar-refractivity contribution in [2.24, 2.45) is 51.8 Å². The lowest BCUT2D eigenvalue weighted by Gasteiger charge is -2.68. The molecule has 39 heavy (non-hydrogen) atoms. The van der Waals surface area contributed by atoms with Crippen LogP contribution in [0.5, 0.6) is 0 Å². The zero-order valence-electron chi connectivity index (χ0n) is 23.4. The molecule has 1 aliphatic heterocycles. The Morgan fingerprint density at radius 1 is 0.974 bits per heavy atom. The van der Waals surface area contributed by atoms with Crippen LogP contribution in [0.1, 0.15) is 66.2 Å². The normalized spacial score (nSPS) is 40.9. The van der Waals surface area contributed by atoms with E-state index in [-0.39, 0.29) is 46.8 Å². The maximum Gasteiger partial charge on any atom is 0.309 e. The van der Waals surface area contributed by atoms with E-state index in [0.29, 0.717) is 11.6 Å². The van der Waals surface area contributed by atoms with E-state index in [1.807, 2.05) is 49.4 Å². The van der Waals surface area contributed by atoms with Gasteiger partial charge in [0.25, 0.3) is 0 Å². The molecule has 8 atom stereocenters. The van der Waals surface area contributed by atoms with E-state index in [0.717, 1.165) is 49.3 Å². The molecule has 4 fully saturated rings. The molecule has 1 spiro atoms. The van der Waals surface area contributed by atoms with Gasteiger partial charge in [-0.05, 0) is 79.6 Å². The minimum atomic E-state index is -0.736. The molecule has 3 saturated carbocycles. The molecule has 1 N–H and O–H groups in total. The molecule has 0 radical (unpaired) electrons. The highest BCUT2D eigenvalue weighted by Crippen LogP contribution is 2.74. The number of nitrogens with zero attached hydrogens (tertiary/aromatic N) is 1. The van der Waals surface area contributed by atoms with Crippen LogP contribution >= 0.6 is 0 Å². The first-order valence-corrected chi connectivity index (χ1v) is 14.9.